The number of allylic oxidation sites excluding steroid dienone is 4. The molecule has 3 aliphatic rings. The zero-order valence-electron chi connectivity index (χ0n) is 12.4. The molecule has 0 unspecified atom stereocenters. The summed E-state index contributed by atoms with van der Waals surface area (Å²) in [5.74, 6) is 0. The van der Waals surface area contributed by atoms with Crippen LogP contribution in [0.2, 0.25) is 0 Å². The van der Waals surface area contributed by atoms with Crippen LogP contribution in [0.15, 0.2) is 67.0 Å². The van der Waals surface area contributed by atoms with E-state index in [4.69, 9.17) is 0 Å². The fraction of sp³-hybridized carbons (Fsp3) is 0.211. The third-order valence-corrected chi connectivity index (χ3v) is 3.55. The number of hydrogen-bond donors (Lipinski definition) is 0. The molecule has 3 heteroatoms. The van der Waals surface area contributed by atoms with E-state index in [-0.39, 0.29) is 19.5 Å². The molecule has 0 saturated heterocycles. The normalized spacial score (nSPS) is 16.7. The summed E-state index contributed by atoms with van der Waals surface area (Å²) < 4.78 is 0. The maximum atomic E-state index is 4.31. The maximum absolute atomic E-state index is 4.31. The van der Waals surface area contributed by atoms with Crippen LogP contribution in [0.5, 0.6) is 0 Å². The van der Waals surface area contributed by atoms with Crippen molar-refractivity contribution in [3.05, 3.63) is 67.0 Å². The van der Waals surface area contributed by atoms with Crippen molar-refractivity contribution in [3.8, 4) is 11.3 Å². The Morgan fingerprint density at radius 3 is 2.23 bits per heavy atom. The molecule has 0 aromatic carbocycles. The second-order valence-corrected chi connectivity index (χ2v) is 5.12. The van der Waals surface area contributed by atoms with E-state index in [0.29, 0.717) is 0 Å². The summed E-state index contributed by atoms with van der Waals surface area (Å²) >= 11 is 0. The predicted octanol–water partition coefficient (Wildman–Crippen LogP) is 5.12. The Balaban J connectivity index is 0.000000172. The van der Waals surface area contributed by atoms with Gasteiger partial charge in [-0.1, -0.05) is 36.6 Å². The van der Waals surface area contributed by atoms with E-state index in [1.54, 1.807) is 12.4 Å². The van der Waals surface area contributed by atoms with Gasteiger partial charge in [-0.3, -0.25) is 4.98 Å². The summed E-state index contributed by atoms with van der Waals surface area (Å²) in [5, 5.41) is 1.16. The molecule has 2 nitrogen and oxygen atoms in total. The van der Waals surface area contributed by atoms with Gasteiger partial charge in [-0.05, 0) is 37.1 Å². The first kappa shape index (κ1) is 16.6. The van der Waals surface area contributed by atoms with Gasteiger partial charge >= 0.3 is 0 Å². The van der Waals surface area contributed by atoms with Gasteiger partial charge in [0.1, 0.15) is 0 Å². The average Bonchev–Trinajstić information content (AvgIpc) is 2.86. The molecule has 4 rings (SSSR count). The molecule has 2 aliphatic carbocycles. The van der Waals surface area contributed by atoms with Crippen LogP contribution in [0, 0.1) is 0 Å². The second kappa shape index (κ2) is 8.65. The Kier molecular flexibility index (Phi) is 6.54. The molecule has 115 valence electrons. The standard InChI is InChI=1S/C11H7N2.C8H12.Rh/c1-3-8-7-9-4-2-6-13-11(9)10(8)12-5-1;1-2-4-6-8-7-5-3-1;/h1-7H;1-2,7-8H,3-6H2;/q-1;;/b;2-1-,8-7-;. The van der Waals surface area contributed by atoms with Crippen molar-refractivity contribution in [2.45, 2.75) is 25.7 Å². The average molecular weight is 378 g/mol. The van der Waals surface area contributed by atoms with Gasteiger partial charge in [0.25, 0.3) is 0 Å². The van der Waals surface area contributed by atoms with Gasteiger partial charge in [-0.15, -0.1) is 23.8 Å². The van der Waals surface area contributed by atoms with Crippen molar-refractivity contribution in [2.75, 3.05) is 0 Å². The first-order chi connectivity index (χ1) is 10.4. The molecule has 0 saturated carbocycles. The number of aromatic nitrogens is 2. The quantitative estimate of drug-likeness (QED) is 0.308. The topological polar surface area (TPSA) is 25.8 Å². The largest absolute Gasteiger partial charge is 0.350 e. The van der Waals surface area contributed by atoms with E-state index in [1.807, 2.05) is 12.1 Å². The summed E-state index contributed by atoms with van der Waals surface area (Å²) in [6.45, 7) is 0. The molecule has 1 aromatic rings. The van der Waals surface area contributed by atoms with Gasteiger partial charge in [0.05, 0.1) is 0 Å². The van der Waals surface area contributed by atoms with Gasteiger partial charge in [-0.25, -0.2) is 0 Å². The summed E-state index contributed by atoms with van der Waals surface area (Å²) in [4.78, 5) is 8.61. The van der Waals surface area contributed by atoms with Crippen molar-refractivity contribution in [1.29, 1.82) is 0 Å². The summed E-state index contributed by atoms with van der Waals surface area (Å²) in [6.07, 6.45) is 17.6. The molecule has 0 bridgehead atoms. The van der Waals surface area contributed by atoms with Crippen molar-refractivity contribution < 1.29 is 19.5 Å². The molecule has 0 N–H and O–H groups in total. The monoisotopic (exact) mass is 378 g/mol. The molecule has 0 atom stereocenters. The fourth-order valence-corrected chi connectivity index (χ4v) is 2.49. The first-order valence-electron chi connectivity index (χ1n) is 7.50. The minimum absolute atomic E-state index is 0. The molecule has 0 spiro atoms. The zero-order chi connectivity index (χ0) is 14.3. The Bertz CT molecular complexity index is 701. The zero-order valence-corrected chi connectivity index (χ0v) is 14.0. The molecule has 1 radical (unpaired) electrons. The van der Waals surface area contributed by atoms with Crippen molar-refractivity contribution in [2.24, 2.45) is 0 Å². The van der Waals surface area contributed by atoms with Crippen molar-refractivity contribution in [3.63, 3.8) is 0 Å². The van der Waals surface area contributed by atoms with Crippen LogP contribution in [0.25, 0.3) is 22.2 Å². The summed E-state index contributed by atoms with van der Waals surface area (Å²) in [7, 11) is 0. The Hall–Kier alpha value is -1.73. The molecule has 0 fully saturated rings. The van der Waals surface area contributed by atoms with Gasteiger partial charge in [-0.2, -0.15) is 0 Å². The third kappa shape index (κ3) is 4.14. The van der Waals surface area contributed by atoms with Crippen LogP contribution in [0.4, 0.5) is 0 Å². The Morgan fingerprint density at radius 1 is 0.864 bits per heavy atom. The van der Waals surface area contributed by atoms with Crippen molar-refractivity contribution in [1.82, 2.24) is 9.97 Å². The molecule has 1 aromatic heterocycles. The molecule has 22 heavy (non-hydrogen) atoms. The Morgan fingerprint density at radius 2 is 1.55 bits per heavy atom. The van der Waals surface area contributed by atoms with E-state index in [0.717, 1.165) is 22.2 Å². The minimum atomic E-state index is 0. The van der Waals surface area contributed by atoms with E-state index in [1.165, 1.54) is 25.7 Å². The summed E-state index contributed by atoms with van der Waals surface area (Å²) in [5.41, 5.74) is 3.16. The number of fused-ring (bicyclic) bond motifs is 3. The third-order valence-electron chi connectivity index (χ3n) is 3.55. The predicted molar refractivity (Wildman–Crippen MR) is 88.5 cm³/mol. The fourth-order valence-electron chi connectivity index (χ4n) is 2.49. The van der Waals surface area contributed by atoms with Gasteiger partial charge in [0, 0.05) is 36.9 Å². The van der Waals surface area contributed by atoms with Gasteiger partial charge in [0.2, 0.25) is 0 Å². The van der Waals surface area contributed by atoms with Crippen LogP contribution < -0.4 is 0 Å². The molecule has 2 heterocycles. The second-order valence-electron chi connectivity index (χ2n) is 5.12. The number of rotatable bonds is 0. The molecular weight excluding hydrogens is 359 g/mol. The van der Waals surface area contributed by atoms with Crippen LogP contribution in [0.1, 0.15) is 25.7 Å². The van der Waals surface area contributed by atoms with Crippen LogP contribution in [0.3, 0.4) is 0 Å². The first-order valence-corrected chi connectivity index (χ1v) is 7.50. The van der Waals surface area contributed by atoms with E-state index in [9.17, 15) is 0 Å². The van der Waals surface area contributed by atoms with Gasteiger partial charge in [0.15, 0.2) is 0 Å². The number of hydrogen-bond acceptors (Lipinski definition) is 2. The minimum Gasteiger partial charge on any atom is -0.350 e. The van der Waals surface area contributed by atoms with Crippen LogP contribution in [-0.4, -0.2) is 9.97 Å². The van der Waals surface area contributed by atoms with E-state index >= 15 is 0 Å². The van der Waals surface area contributed by atoms with Crippen LogP contribution in [-0.2, 0) is 19.5 Å². The maximum Gasteiger partial charge on any atom is 0.0444 e. The van der Waals surface area contributed by atoms with E-state index < -0.39 is 0 Å². The Labute approximate surface area is 144 Å². The van der Waals surface area contributed by atoms with Gasteiger partial charge < -0.3 is 4.98 Å². The molecular formula is C19H19N2Rh-. The van der Waals surface area contributed by atoms with Crippen molar-refractivity contribution >= 4 is 10.9 Å². The van der Waals surface area contributed by atoms with Crippen LogP contribution >= 0.6 is 0 Å². The summed E-state index contributed by atoms with van der Waals surface area (Å²) in [6, 6.07) is 10.1. The molecule has 0 amide bonds. The smallest absolute Gasteiger partial charge is 0.0444 e. The molecule has 1 aliphatic heterocycles. The number of pyridine rings is 2. The van der Waals surface area contributed by atoms with E-state index in [2.05, 4.69) is 52.5 Å². The number of nitrogens with zero attached hydrogens (tertiary/aromatic N) is 2. The SMILES string of the molecule is C1=C\CC/C=C\CC/1.[Rh].c1cnc2c3ncc[cH-]c-3cc2c1.